The minimum absolute atomic E-state index is 0.245. The number of aromatic nitrogens is 1. The van der Waals surface area contributed by atoms with Crippen LogP contribution in [-0.2, 0) is 0 Å². The van der Waals surface area contributed by atoms with Gasteiger partial charge in [0.25, 0.3) is 5.91 Å². The van der Waals surface area contributed by atoms with E-state index in [1.165, 1.54) is 6.42 Å². The molecule has 0 aliphatic carbocycles. The average molecular weight is 248 g/mol. The highest BCUT2D eigenvalue weighted by Gasteiger charge is 2.28. The maximum absolute atomic E-state index is 11.2. The maximum Gasteiger partial charge on any atom is 0.267 e. The molecule has 0 unspecified atom stereocenters. The Morgan fingerprint density at radius 3 is 2.78 bits per heavy atom. The lowest BCUT2D eigenvalue weighted by molar-refractivity contribution is 0.0995. The molecule has 1 aliphatic rings. The van der Waals surface area contributed by atoms with Crippen molar-refractivity contribution in [1.82, 2.24) is 4.98 Å². The first kappa shape index (κ1) is 12.7. The van der Waals surface area contributed by atoms with E-state index in [-0.39, 0.29) is 11.1 Å². The second-order valence-electron chi connectivity index (χ2n) is 5.66. The van der Waals surface area contributed by atoms with Gasteiger partial charge in [0.1, 0.15) is 5.69 Å². The van der Waals surface area contributed by atoms with Crippen molar-refractivity contribution in [1.29, 1.82) is 0 Å². The lowest BCUT2D eigenvalue weighted by Gasteiger charge is -2.39. The Bertz CT molecular complexity index is 470. The number of carbonyl (C=O) groups excluding carboxylic acids is 1. The summed E-state index contributed by atoms with van der Waals surface area (Å²) in [5.41, 5.74) is 12.3. The third-order valence-electron chi connectivity index (χ3n) is 3.36. The smallest absolute Gasteiger partial charge is 0.267 e. The molecule has 1 aliphatic heterocycles. The molecule has 1 amide bonds. The van der Waals surface area contributed by atoms with Gasteiger partial charge in [-0.1, -0.05) is 13.8 Å². The van der Waals surface area contributed by atoms with E-state index in [1.807, 2.05) is 0 Å². The summed E-state index contributed by atoms with van der Waals surface area (Å²) < 4.78 is 0. The van der Waals surface area contributed by atoms with E-state index in [2.05, 4.69) is 23.7 Å². The van der Waals surface area contributed by atoms with Gasteiger partial charge in [-0.2, -0.15) is 0 Å². The first-order valence-corrected chi connectivity index (χ1v) is 6.20. The largest absolute Gasteiger partial charge is 0.396 e. The van der Waals surface area contributed by atoms with E-state index < -0.39 is 5.91 Å². The maximum atomic E-state index is 11.2. The van der Waals surface area contributed by atoms with Crippen LogP contribution in [0.4, 0.5) is 11.5 Å². The molecule has 0 saturated carbocycles. The Kier molecular flexibility index (Phi) is 3.15. The molecule has 2 heterocycles. The Morgan fingerprint density at radius 2 is 2.17 bits per heavy atom. The highest BCUT2D eigenvalue weighted by Crippen LogP contribution is 2.32. The van der Waals surface area contributed by atoms with Crippen molar-refractivity contribution in [2.75, 3.05) is 23.7 Å². The van der Waals surface area contributed by atoms with Crippen molar-refractivity contribution in [2.24, 2.45) is 11.1 Å². The molecule has 18 heavy (non-hydrogen) atoms. The van der Waals surface area contributed by atoms with E-state index in [1.54, 1.807) is 12.1 Å². The van der Waals surface area contributed by atoms with Crippen molar-refractivity contribution in [3.8, 4) is 0 Å². The molecule has 1 fully saturated rings. The van der Waals surface area contributed by atoms with Crippen molar-refractivity contribution >= 4 is 17.4 Å². The van der Waals surface area contributed by atoms with Gasteiger partial charge in [-0.25, -0.2) is 4.98 Å². The van der Waals surface area contributed by atoms with Crippen LogP contribution in [0.25, 0.3) is 0 Å². The molecule has 2 rings (SSSR count). The van der Waals surface area contributed by atoms with Gasteiger partial charge >= 0.3 is 0 Å². The monoisotopic (exact) mass is 248 g/mol. The number of nitrogen functional groups attached to an aromatic ring is 1. The number of primary amides is 1. The van der Waals surface area contributed by atoms with E-state index in [0.717, 1.165) is 19.5 Å². The van der Waals surface area contributed by atoms with Crippen LogP contribution >= 0.6 is 0 Å². The van der Waals surface area contributed by atoms with E-state index >= 15 is 0 Å². The molecule has 0 atom stereocenters. The molecule has 0 aromatic carbocycles. The number of nitrogens with zero attached hydrogens (tertiary/aromatic N) is 2. The highest BCUT2D eigenvalue weighted by molar-refractivity contribution is 5.91. The standard InChI is InChI=1S/C13H20N4O/c1-13(2)6-3-7-17(8-13)12-9(14)4-5-10(16-12)11(15)18/h4-5H,3,6-8,14H2,1-2H3,(H2,15,18). The fourth-order valence-electron chi connectivity index (χ4n) is 2.45. The van der Waals surface area contributed by atoms with Crippen molar-refractivity contribution < 1.29 is 4.79 Å². The van der Waals surface area contributed by atoms with Crippen LogP contribution in [0.2, 0.25) is 0 Å². The molecule has 1 aromatic rings. The van der Waals surface area contributed by atoms with E-state index in [4.69, 9.17) is 11.5 Å². The number of anilines is 2. The summed E-state index contributed by atoms with van der Waals surface area (Å²) in [6.07, 6.45) is 2.30. The molecule has 5 heteroatoms. The fraction of sp³-hybridized carbons (Fsp3) is 0.538. The van der Waals surface area contributed by atoms with E-state index in [9.17, 15) is 4.79 Å². The molecule has 0 bridgehead atoms. The molecular weight excluding hydrogens is 228 g/mol. The van der Waals surface area contributed by atoms with Crippen LogP contribution in [0.5, 0.6) is 0 Å². The zero-order valence-corrected chi connectivity index (χ0v) is 10.9. The second kappa shape index (κ2) is 4.48. The van der Waals surface area contributed by atoms with Gasteiger partial charge < -0.3 is 16.4 Å². The van der Waals surface area contributed by atoms with Gasteiger partial charge in [-0.15, -0.1) is 0 Å². The minimum Gasteiger partial charge on any atom is -0.396 e. The predicted octanol–water partition coefficient (Wildman–Crippen LogP) is 1.39. The molecule has 1 saturated heterocycles. The third kappa shape index (κ3) is 2.55. The molecular formula is C13H20N4O. The summed E-state index contributed by atoms with van der Waals surface area (Å²) in [7, 11) is 0. The SMILES string of the molecule is CC1(C)CCCN(c2nc(C(N)=O)ccc2N)C1. The Hall–Kier alpha value is -1.78. The summed E-state index contributed by atoms with van der Waals surface area (Å²) in [5, 5.41) is 0. The molecule has 98 valence electrons. The van der Waals surface area contributed by atoms with Crippen LogP contribution in [0, 0.1) is 5.41 Å². The summed E-state index contributed by atoms with van der Waals surface area (Å²) in [6, 6.07) is 3.26. The number of piperidine rings is 1. The zero-order chi connectivity index (χ0) is 13.3. The van der Waals surface area contributed by atoms with Crippen molar-refractivity contribution in [2.45, 2.75) is 26.7 Å². The van der Waals surface area contributed by atoms with Crippen molar-refractivity contribution in [3.63, 3.8) is 0 Å². The third-order valence-corrected chi connectivity index (χ3v) is 3.36. The normalized spacial score (nSPS) is 18.7. The Balaban J connectivity index is 2.32. The van der Waals surface area contributed by atoms with Gasteiger partial charge in [-0.3, -0.25) is 4.79 Å². The summed E-state index contributed by atoms with van der Waals surface area (Å²) in [6.45, 7) is 6.27. The van der Waals surface area contributed by atoms with Crippen LogP contribution < -0.4 is 16.4 Å². The number of hydrogen-bond acceptors (Lipinski definition) is 4. The number of carbonyl (C=O) groups is 1. The predicted molar refractivity (Wildman–Crippen MR) is 72.4 cm³/mol. The summed E-state index contributed by atoms with van der Waals surface area (Å²) in [5.74, 6) is 0.159. The first-order valence-electron chi connectivity index (χ1n) is 6.20. The Labute approximate surface area is 107 Å². The van der Waals surface area contributed by atoms with Crippen LogP contribution in [0.3, 0.4) is 0 Å². The van der Waals surface area contributed by atoms with E-state index in [0.29, 0.717) is 11.5 Å². The molecule has 1 aromatic heterocycles. The first-order chi connectivity index (χ1) is 8.39. The zero-order valence-electron chi connectivity index (χ0n) is 10.9. The fourth-order valence-corrected chi connectivity index (χ4v) is 2.45. The number of pyridine rings is 1. The quantitative estimate of drug-likeness (QED) is 0.828. The molecule has 5 nitrogen and oxygen atoms in total. The number of amides is 1. The minimum atomic E-state index is -0.521. The lowest BCUT2D eigenvalue weighted by atomic mass is 9.84. The van der Waals surface area contributed by atoms with Gasteiger partial charge in [0.05, 0.1) is 5.69 Å². The Morgan fingerprint density at radius 1 is 1.44 bits per heavy atom. The number of rotatable bonds is 2. The number of nitrogens with two attached hydrogens (primary N) is 2. The molecule has 0 spiro atoms. The average Bonchev–Trinajstić information content (AvgIpc) is 2.27. The highest BCUT2D eigenvalue weighted by atomic mass is 16.1. The van der Waals surface area contributed by atoms with Gasteiger partial charge in [0, 0.05) is 13.1 Å². The van der Waals surface area contributed by atoms with Gasteiger partial charge in [-0.05, 0) is 30.4 Å². The van der Waals surface area contributed by atoms with Crippen LogP contribution in [0.15, 0.2) is 12.1 Å². The summed E-state index contributed by atoms with van der Waals surface area (Å²) in [4.78, 5) is 17.6. The van der Waals surface area contributed by atoms with Gasteiger partial charge in [0.15, 0.2) is 5.82 Å². The lowest BCUT2D eigenvalue weighted by Crippen LogP contribution is -2.41. The second-order valence-corrected chi connectivity index (χ2v) is 5.66. The summed E-state index contributed by atoms with van der Waals surface area (Å²) >= 11 is 0. The van der Waals surface area contributed by atoms with Crippen LogP contribution in [0.1, 0.15) is 37.2 Å². The van der Waals surface area contributed by atoms with Crippen LogP contribution in [-0.4, -0.2) is 24.0 Å². The number of hydrogen-bond donors (Lipinski definition) is 2. The molecule has 0 radical (unpaired) electrons. The van der Waals surface area contributed by atoms with Crippen molar-refractivity contribution in [3.05, 3.63) is 17.8 Å². The molecule has 4 N–H and O–H groups in total. The topological polar surface area (TPSA) is 85.2 Å². The van der Waals surface area contributed by atoms with Gasteiger partial charge in [0.2, 0.25) is 0 Å².